The summed E-state index contributed by atoms with van der Waals surface area (Å²) in [6, 6.07) is 9.26. The zero-order valence-corrected chi connectivity index (χ0v) is 12.0. The minimum absolute atomic E-state index is 0.0275. The third-order valence-corrected chi connectivity index (χ3v) is 2.87. The van der Waals surface area contributed by atoms with E-state index in [1.54, 1.807) is 18.3 Å². The van der Waals surface area contributed by atoms with Crippen LogP contribution in [0.1, 0.15) is 31.9 Å². The Bertz CT molecular complexity index is 556. The average Bonchev–Trinajstić information content (AvgIpc) is 2.53. The zero-order chi connectivity index (χ0) is 14.9. The molecule has 21 heavy (non-hydrogen) atoms. The molecule has 0 aromatic carbocycles. The first-order valence-electron chi connectivity index (χ1n) is 7.05. The minimum atomic E-state index is -0.0275. The Kier molecular flexibility index (Phi) is 5.63. The van der Waals surface area contributed by atoms with Crippen molar-refractivity contribution in [3.8, 4) is 0 Å². The molecular weight excluding hydrogens is 266 g/mol. The highest BCUT2D eigenvalue weighted by atomic mass is 16.1. The van der Waals surface area contributed by atoms with Gasteiger partial charge in [0.05, 0.1) is 12.2 Å². The Hall–Kier alpha value is -2.50. The molecule has 2 heterocycles. The second kappa shape index (κ2) is 7.94. The van der Waals surface area contributed by atoms with Crippen LogP contribution in [0.2, 0.25) is 0 Å². The molecule has 0 aliphatic rings. The van der Waals surface area contributed by atoms with E-state index < -0.39 is 0 Å². The number of hydrogen-bond donors (Lipinski definition) is 2. The van der Waals surface area contributed by atoms with Crippen LogP contribution in [0.5, 0.6) is 0 Å². The van der Waals surface area contributed by atoms with Crippen molar-refractivity contribution in [1.29, 1.82) is 0 Å². The number of hydrogen-bond acceptors (Lipinski definition) is 5. The monoisotopic (exact) mass is 285 g/mol. The minimum Gasteiger partial charge on any atom is -0.363 e. The van der Waals surface area contributed by atoms with Crippen molar-refractivity contribution < 1.29 is 4.79 Å². The van der Waals surface area contributed by atoms with Crippen molar-refractivity contribution in [3.05, 3.63) is 42.2 Å². The lowest BCUT2D eigenvalue weighted by Gasteiger charge is -2.06. The van der Waals surface area contributed by atoms with Gasteiger partial charge >= 0.3 is 0 Å². The largest absolute Gasteiger partial charge is 0.363 e. The molecule has 0 saturated carbocycles. The van der Waals surface area contributed by atoms with Crippen molar-refractivity contribution in [1.82, 2.24) is 15.2 Å². The SMILES string of the molecule is CCCCC(=O)Nc1ccc(NCc2ccccn2)nn1. The van der Waals surface area contributed by atoms with Gasteiger partial charge in [0.2, 0.25) is 5.91 Å². The summed E-state index contributed by atoms with van der Waals surface area (Å²) in [7, 11) is 0. The Morgan fingerprint density at radius 2 is 1.95 bits per heavy atom. The molecular formula is C15H19N5O. The summed E-state index contributed by atoms with van der Waals surface area (Å²) in [4.78, 5) is 15.8. The maximum Gasteiger partial charge on any atom is 0.225 e. The van der Waals surface area contributed by atoms with E-state index in [0.29, 0.717) is 24.6 Å². The highest BCUT2D eigenvalue weighted by molar-refractivity contribution is 5.89. The summed E-state index contributed by atoms with van der Waals surface area (Å²) in [5.41, 5.74) is 0.927. The number of anilines is 2. The Morgan fingerprint density at radius 3 is 2.62 bits per heavy atom. The molecule has 0 fully saturated rings. The molecule has 2 rings (SSSR count). The molecule has 0 radical (unpaired) electrons. The quantitative estimate of drug-likeness (QED) is 0.817. The van der Waals surface area contributed by atoms with E-state index in [1.165, 1.54) is 0 Å². The van der Waals surface area contributed by atoms with E-state index in [0.717, 1.165) is 18.5 Å². The number of amides is 1. The molecule has 2 N–H and O–H groups in total. The van der Waals surface area contributed by atoms with Gasteiger partial charge in [-0.2, -0.15) is 0 Å². The van der Waals surface area contributed by atoms with Gasteiger partial charge in [0.15, 0.2) is 5.82 Å². The smallest absolute Gasteiger partial charge is 0.225 e. The van der Waals surface area contributed by atoms with Gasteiger partial charge in [0.1, 0.15) is 5.82 Å². The maximum atomic E-state index is 11.6. The molecule has 0 bridgehead atoms. The van der Waals surface area contributed by atoms with Gasteiger partial charge < -0.3 is 10.6 Å². The number of nitrogens with one attached hydrogen (secondary N) is 2. The van der Waals surface area contributed by atoms with Gasteiger partial charge in [-0.1, -0.05) is 19.4 Å². The summed E-state index contributed by atoms with van der Waals surface area (Å²) in [5.74, 6) is 1.09. The van der Waals surface area contributed by atoms with Crippen LogP contribution in [0.15, 0.2) is 36.5 Å². The van der Waals surface area contributed by atoms with Crippen LogP contribution in [0, 0.1) is 0 Å². The molecule has 2 aromatic heterocycles. The van der Waals surface area contributed by atoms with Crippen LogP contribution in [-0.2, 0) is 11.3 Å². The van der Waals surface area contributed by atoms with Crippen LogP contribution < -0.4 is 10.6 Å². The van der Waals surface area contributed by atoms with Gasteiger partial charge in [0, 0.05) is 12.6 Å². The van der Waals surface area contributed by atoms with Crippen molar-refractivity contribution in [2.24, 2.45) is 0 Å². The van der Waals surface area contributed by atoms with Crippen LogP contribution in [0.3, 0.4) is 0 Å². The molecule has 0 atom stereocenters. The number of rotatable bonds is 7. The lowest BCUT2D eigenvalue weighted by molar-refractivity contribution is -0.116. The molecule has 0 saturated heterocycles. The third-order valence-electron chi connectivity index (χ3n) is 2.87. The highest BCUT2D eigenvalue weighted by Crippen LogP contribution is 2.08. The van der Waals surface area contributed by atoms with Crippen molar-refractivity contribution >= 4 is 17.5 Å². The summed E-state index contributed by atoms with van der Waals surface area (Å²) >= 11 is 0. The second-order valence-electron chi connectivity index (χ2n) is 4.63. The number of pyridine rings is 1. The highest BCUT2D eigenvalue weighted by Gasteiger charge is 2.03. The molecule has 0 unspecified atom stereocenters. The van der Waals surface area contributed by atoms with Crippen molar-refractivity contribution in [2.45, 2.75) is 32.7 Å². The van der Waals surface area contributed by atoms with Gasteiger partial charge in [0.25, 0.3) is 0 Å². The fourth-order valence-corrected chi connectivity index (χ4v) is 1.72. The third kappa shape index (κ3) is 5.18. The maximum absolute atomic E-state index is 11.6. The van der Waals surface area contributed by atoms with E-state index in [1.807, 2.05) is 18.2 Å². The number of nitrogens with zero attached hydrogens (tertiary/aromatic N) is 3. The van der Waals surface area contributed by atoms with E-state index in [-0.39, 0.29) is 5.91 Å². The second-order valence-corrected chi connectivity index (χ2v) is 4.63. The first-order valence-corrected chi connectivity index (χ1v) is 7.05. The van der Waals surface area contributed by atoms with Crippen LogP contribution in [0.25, 0.3) is 0 Å². The predicted octanol–water partition coefficient (Wildman–Crippen LogP) is 2.61. The van der Waals surface area contributed by atoms with E-state index in [2.05, 4.69) is 32.7 Å². The summed E-state index contributed by atoms with van der Waals surface area (Å²) in [6.45, 7) is 2.63. The van der Waals surface area contributed by atoms with Gasteiger partial charge in [-0.05, 0) is 30.7 Å². The van der Waals surface area contributed by atoms with E-state index in [9.17, 15) is 4.79 Å². The first-order chi connectivity index (χ1) is 10.3. The fraction of sp³-hybridized carbons (Fsp3) is 0.333. The lowest BCUT2D eigenvalue weighted by Crippen LogP contribution is -2.13. The van der Waals surface area contributed by atoms with E-state index in [4.69, 9.17) is 0 Å². The average molecular weight is 285 g/mol. The van der Waals surface area contributed by atoms with Gasteiger partial charge in [-0.3, -0.25) is 9.78 Å². The number of aromatic nitrogens is 3. The summed E-state index contributed by atoms with van der Waals surface area (Å²) in [5, 5.41) is 13.8. The normalized spacial score (nSPS) is 10.1. The number of unbranched alkanes of at least 4 members (excludes halogenated alkanes) is 1. The lowest BCUT2D eigenvalue weighted by atomic mass is 10.2. The molecule has 6 heteroatoms. The summed E-state index contributed by atoms with van der Waals surface area (Å²) < 4.78 is 0. The Balaban J connectivity index is 1.83. The molecule has 6 nitrogen and oxygen atoms in total. The van der Waals surface area contributed by atoms with Gasteiger partial charge in [-0.25, -0.2) is 0 Å². The Labute approximate surface area is 124 Å². The molecule has 0 spiro atoms. The fourth-order valence-electron chi connectivity index (χ4n) is 1.72. The topological polar surface area (TPSA) is 79.8 Å². The van der Waals surface area contributed by atoms with Crippen LogP contribution in [-0.4, -0.2) is 21.1 Å². The van der Waals surface area contributed by atoms with Crippen LogP contribution in [0.4, 0.5) is 11.6 Å². The van der Waals surface area contributed by atoms with Crippen LogP contribution >= 0.6 is 0 Å². The van der Waals surface area contributed by atoms with Crippen molar-refractivity contribution in [2.75, 3.05) is 10.6 Å². The zero-order valence-electron chi connectivity index (χ0n) is 12.0. The molecule has 0 aliphatic heterocycles. The Morgan fingerprint density at radius 1 is 1.14 bits per heavy atom. The first kappa shape index (κ1) is 14.9. The predicted molar refractivity (Wildman–Crippen MR) is 81.8 cm³/mol. The van der Waals surface area contributed by atoms with E-state index >= 15 is 0 Å². The number of carbonyl (C=O) groups is 1. The molecule has 0 aliphatic carbocycles. The van der Waals surface area contributed by atoms with Crippen molar-refractivity contribution in [3.63, 3.8) is 0 Å². The summed E-state index contributed by atoms with van der Waals surface area (Å²) in [6.07, 6.45) is 4.13. The molecule has 1 amide bonds. The number of carbonyl (C=O) groups excluding carboxylic acids is 1. The van der Waals surface area contributed by atoms with Gasteiger partial charge in [-0.15, -0.1) is 10.2 Å². The molecule has 110 valence electrons. The standard InChI is InChI=1S/C15H19N5O/c1-2-3-7-15(21)18-14-9-8-13(19-20-14)17-11-12-6-4-5-10-16-12/h4-6,8-10H,2-3,7,11H2,1H3,(H,17,19)(H,18,20,21). The molecule has 2 aromatic rings.